The van der Waals surface area contributed by atoms with E-state index in [-0.39, 0.29) is 0 Å². The average Bonchev–Trinajstić information content (AvgIpc) is 3.50. The summed E-state index contributed by atoms with van der Waals surface area (Å²) >= 11 is 0. The normalized spacial score (nSPS) is 12.3. The minimum absolute atomic E-state index is 0.589. The highest BCUT2D eigenvalue weighted by Gasteiger charge is 2.31. The molecule has 0 amide bonds. The molecule has 6 rings (SSSR count). The maximum atomic E-state index is 13.3. The zero-order valence-electron chi connectivity index (χ0n) is 22.6. The predicted molar refractivity (Wildman–Crippen MR) is 153 cm³/mol. The average molecular weight is 575 g/mol. The summed E-state index contributed by atoms with van der Waals surface area (Å²) in [4.78, 5) is 0. The van der Waals surface area contributed by atoms with Crippen molar-refractivity contribution >= 4 is 11.0 Å². The molecule has 6 aromatic rings. The Kier molecular flexibility index (Phi) is 6.52. The van der Waals surface area contributed by atoms with Crippen LogP contribution in [-0.4, -0.2) is 9.13 Å². The topological polar surface area (TPSA) is 9.86 Å². The Morgan fingerprint density at radius 3 is 1.02 bits per heavy atom. The van der Waals surface area contributed by atoms with Crippen LogP contribution in [0.15, 0.2) is 109 Å². The van der Waals surface area contributed by atoms with Crippen LogP contribution in [0.3, 0.4) is 0 Å². The number of nitrogens with zero attached hydrogens (tertiary/aromatic N) is 2. The fourth-order valence-electron chi connectivity index (χ4n) is 5.18. The monoisotopic (exact) mass is 574 g/mol. The molecule has 0 fully saturated rings. The van der Waals surface area contributed by atoms with Gasteiger partial charge in [0.15, 0.2) is 0 Å². The lowest BCUT2D eigenvalue weighted by molar-refractivity contribution is -0.138. The minimum atomic E-state index is -4.46. The Bertz CT molecular complexity index is 1730. The molecule has 0 spiro atoms. The van der Waals surface area contributed by atoms with Gasteiger partial charge in [-0.1, -0.05) is 59.7 Å². The molecule has 2 nitrogen and oxygen atoms in total. The van der Waals surface area contributed by atoms with Gasteiger partial charge in [-0.3, -0.25) is 0 Å². The number of benzene rings is 4. The van der Waals surface area contributed by atoms with Crippen LogP contribution in [0, 0.1) is 13.8 Å². The maximum Gasteiger partial charge on any atom is 0.416 e. The van der Waals surface area contributed by atoms with Crippen LogP contribution >= 0.6 is 0 Å². The number of hydrogen-bond donors (Lipinski definition) is 0. The fraction of sp³-hybridized carbons (Fsp3) is 0.118. The third-order valence-corrected chi connectivity index (χ3v) is 7.37. The van der Waals surface area contributed by atoms with Crippen LogP contribution in [0.4, 0.5) is 26.3 Å². The first-order chi connectivity index (χ1) is 19.9. The predicted octanol–water partition coefficient (Wildman–Crippen LogP) is 10.4. The van der Waals surface area contributed by atoms with Crippen LogP contribution in [0.1, 0.15) is 22.3 Å². The Hall–Kier alpha value is -4.72. The summed E-state index contributed by atoms with van der Waals surface area (Å²) in [7, 11) is 0. The van der Waals surface area contributed by atoms with E-state index in [2.05, 4.69) is 0 Å². The number of aryl methyl sites for hydroxylation is 2. The quantitative estimate of drug-likeness (QED) is 0.185. The molecular formula is C34H24F6N2. The highest BCUT2D eigenvalue weighted by molar-refractivity contribution is 5.93. The Balaban J connectivity index is 1.63. The number of alkyl halides is 6. The van der Waals surface area contributed by atoms with E-state index in [0.717, 1.165) is 57.8 Å². The van der Waals surface area contributed by atoms with Gasteiger partial charge in [0.2, 0.25) is 0 Å². The molecule has 42 heavy (non-hydrogen) atoms. The van der Waals surface area contributed by atoms with Gasteiger partial charge in [-0.15, -0.1) is 0 Å². The molecule has 0 aliphatic rings. The lowest BCUT2D eigenvalue weighted by atomic mass is 10.1. The van der Waals surface area contributed by atoms with E-state index in [0.29, 0.717) is 22.5 Å². The highest BCUT2D eigenvalue weighted by Crippen LogP contribution is 2.40. The van der Waals surface area contributed by atoms with Gasteiger partial charge in [-0.25, -0.2) is 0 Å². The smallest absolute Gasteiger partial charge is 0.308 e. The molecule has 0 aliphatic carbocycles. The van der Waals surface area contributed by atoms with Crippen molar-refractivity contribution in [1.29, 1.82) is 0 Å². The number of aromatic nitrogens is 2. The molecule has 4 aromatic carbocycles. The molecular weight excluding hydrogens is 550 g/mol. The third kappa shape index (κ3) is 4.98. The Morgan fingerprint density at radius 2 is 0.738 bits per heavy atom. The summed E-state index contributed by atoms with van der Waals surface area (Å²) in [6.45, 7) is 3.92. The van der Waals surface area contributed by atoms with Gasteiger partial charge in [0.05, 0.1) is 33.5 Å². The van der Waals surface area contributed by atoms with Crippen LogP contribution in [-0.2, 0) is 12.4 Å². The summed E-state index contributed by atoms with van der Waals surface area (Å²) in [6, 6.07) is 29.4. The van der Waals surface area contributed by atoms with Gasteiger partial charge >= 0.3 is 12.4 Å². The van der Waals surface area contributed by atoms with Crippen molar-refractivity contribution in [3.8, 4) is 33.9 Å². The van der Waals surface area contributed by atoms with Crippen molar-refractivity contribution < 1.29 is 26.3 Å². The minimum Gasteiger partial charge on any atom is -0.308 e. The number of rotatable bonds is 4. The zero-order valence-corrected chi connectivity index (χ0v) is 22.6. The first kappa shape index (κ1) is 27.4. The molecule has 0 saturated heterocycles. The van der Waals surface area contributed by atoms with E-state index in [1.165, 1.54) is 24.3 Å². The van der Waals surface area contributed by atoms with Gasteiger partial charge in [0.1, 0.15) is 0 Å². The first-order valence-corrected chi connectivity index (χ1v) is 13.2. The molecule has 0 radical (unpaired) electrons. The summed E-state index contributed by atoms with van der Waals surface area (Å²) < 4.78 is 83.8. The van der Waals surface area contributed by atoms with Gasteiger partial charge in [-0.2, -0.15) is 26.3 Å². The van der Waals surface area contributed by atoms with Crippen LogP contribution in [0.25, 0.3) is 44.9 Å². The molecule has 8 heteroatoms. The molecule has 0 aliphatic heterocycles. The van der Waals surface area contributed by atoms with E-state index in [1.54, 1.807) is 0 Å². The van der Waals surface area contributed by atoms with Gasteiger partial charge in [-0.05, 0) is 85.6 Å². The summed E-state index contributed by atoms with van der Waals surface area (Å²) in [5, 5.41) is 0. The molecule has 0 N–H and O–H groups in total. The summed E-state index contributed by atoms with van der Waals surface area (Å²) in [6.07, 6.45) is -8.92. The second-order valence-corrected chi connectivity index (χ2v) is 10.3. The molecule has 2 aromatic heterocycles. The second kappa shape index (κ2) is 9.98. The highest BCUT2D eigenvalue weighted by atomic mass is 19.4. The second-order valence-electron chi connectivity index (χ2n) is 10.3. The molecule has 0 unspecified atom stereocenters. The Morgan fingerprint density at radius 1 is 0.429 bits per heavy atom. The van der Waals surface area contributed by atoms with Crippen molar-refractivity contribution in [2.45, 2.75) is 26.2 Å². The molecule has 0 saturated carbocycles. The van der Waals surface area contributed by atoms with Crippen molar-refractivity contribution in [3.63, 3.8) is 0 Å². The van der Waals surface area contributed by atoms with Crippen LogP contribution in [0.2, 0.25) is 0 Å². The molecule has 2 heterocycles. The van der Waals surface area contributed by atoms with Gasteiger partial charge in [0, 0.05) is 11.4 Å². The number of halogens is 6. The molecule has 0 bridgehead atoms. The summed E-state index contributed by atoms with van der Waals surface area (Å²) in [5.41, 5.74) is 6.25. The standard InChI is InChI=1S/C34H24F6N2/c1-21-3-15-27(16-4-21)41-29(23-7-11-25(12-8-23)33(35,36)37)19-32-31(41)20-30(42(32)28-17-5-22(2)6-18-28)24-9-13-26(14-10-24)34(38,39)40/h3-20H,1-2H3. The van der Waals surface area contributed by atoms with Gasteiger partial charge < -0.3 is 9.13 Å². The largest absolute Gasteiger partial charge is 0.416 e. The molecule has 212 valence electrons. The van der Waals surface area contributed by atoms with Crippen LogP contribution < -0.4 is 0 Å². The lowest BCUT2D eigenvalue weighted by Gasteiger charge is -2.13. The zero-order chi connectivity index (χ0) is 29.8. The van der Waals surface area contributed by atoms with E-state index in [9.17, 15) is 26.3 Å². The van der Waals surface area contributed by atoms with E-state index >= 15 is 0 Å². The SMILES string of the molecule is Cc1ccc(-n2c(-c3ccc(C(F)(F)F)cc3)cc3c2cc(-c2ccc(C(F)(F)F)cc2)n3-c2ccc(C)cc2)cc1. The number of hydrogen-bond acceptors (Lipinski definition) is 0. The Labute approximate surface area is 238 Å². The lowest BCUT2D eigenvalue weighted by Crippen LogP contribution is -2.04. The number of fused-ring (bicyclic) bond motifs is 1. The van der Waals surface area contributed by atoms with Crippen molar-refractivity contribution in [1.82, 2.24) is 9.13 Å². The van der Waals surface area contributed by atoms with E-state index in [1.807, 2.05) is 83.6 Å². The van der Waals surface area contributed by atoms with Gasteiger partial charge in [0.25, 0.3) is 0 Å². The van der Waals surface area contributed by atoms with Crippen molar-refractivity contribution in [2.24, 2.45) is 0 Å². The van der Waals surface area contributed by atoms with Crippen molar-refractivity contribution in [2.75, 3.05) is 0 Å². The summed E-state index contributed by atoms with van der Waals surface area (Å²) in [5.74, 6) is 0. The fourth-order valence-corrected chi connectivity index (χ4v) is 5.18. The maximum absolute atomic E-state index is 13.3. The molecule has 0 atom stereocenters. The first-order valence-electron chi connectivity index (χ1n) is 13.2. The van der Waals surface area contributed by atoms with E-state index < -0.39 is 23.5 Å². The van der Waals surface area contributed by atoms with Crippen LogP contribution in [0.5, 0.6) is 0 Å². The van der Waals surface area contributed by atoms with E-state index in [4.69, 9.17) is 0 Å². The third-order valence-electron chi connectivity index (χ3n) is 7.37. The van der Waals surface area contributed by atoms with Crippen molar-refractivity contribution in [3.05, 3.63) is 131 Å².